The van der Waals surface area contributed by atoms with Crippen molar-refractivity contribution in [1.29, 1.82) is 0 Å². The number of anilines is 1. The molecular formula is C18H18N4O3S2. The number of nitrogens with one attached hydrogen (secondary N) is 1. The Morgan fingerprint density at radius 3 is 3.00 bits per heavy atom. The zero-order chi connectivity index (χ0) is 19.2. The number of hydrogen-bond acceptors (Lipinski definition) is 7. The van der Waals surface area contributed by atoms with Gasteiger partial charge >= 0.3 is 0 Å². The third-order valence-corrected chi connectivity index (χ3v) is 5.44. The third kappa shape index (κ3) is 4.55. The van der Waals surface area contributed by atoms with E-state index in [1.807, 2.05) is 6.92 Å². The fourth-order valence-electron chi connectivity index (χ4n) is 2.44. The largest absolute Gasteiger partial charge is 0.483 e. The van der Waals surface area contributed by atoms with E-state index in [1.54, 1.807) is 52.9 Å². The van der Waals surface area contributed by atoms with Crippen molar-refractivity contribution in [2.24, 2.45) is 0 Å². The Morgan fingerprint density at radius 2 is 2.22 bits per heavy atom. The van der Waals surface area contributed by atoms with Gasteiger partial charge in [-0.05, 0) is 24.0 Å². The topological polar surface area (TPSA) is 86.1 Å². The highest BCUT2D eigenvalue weighted by atomic mass is 32.2. The van der Waals surface area contributed by atoms with E-state index in [2.05, 4.69) is 22.1 Å². The second-order valence-corrected chi connectivity index (χ2v) is 7.91. The summed E-state index contributed by atoms with van der Waals surface area (Å²) in [4.78, 5) is 24.6. The van der Waals surface area contributed by atoms with Crippen molar-refractivity contribution in [3.63, 3.8) is 0 Å². The maximum atomic E-state index is 12.5. The summed E-state index contributed by atoms with van der Waals surface area (Å²) >= 11 is 2.88. The number of ether oxygens (including phenoxy) is 1. The van der Waals surface area contributed by atoms with Gasteiger partial charge in [0.2, 0.25) is 5.13 Å². The minimum Gasteiger partial charge on any atom is -0.483 e. The number of carbonyl (C=O) groups is 1. The predicted octanol–water partition coefficient (Wildman–Crippen LogP) is 3.17. The number of carbonyl (C=O) groups excluding carboxylic acids is 1. The molecule has 1 aromatic carbocycles. The van der Waals surface area contributed by atoms with Gasteiger partial charge in [0, 0.05) is 18.1 Å². The van der Waals surface area contributed by atoms with Crippen molar-refractivity contribution >= 4 is 44.9 Å². The van der Waals surface area contributed by atoms with Crippen LogP contribution in [0.15, 0.2) is 52.3 Å². The van der Waals surface area contributed by atoms with E-state index in [1.165, 1.54) is 11.3 Å². The van der Waals surface area contributed by atoms with E-state index in [0.29, 0.717) is 28.2 Å². The average Bonchev–Trinajstić information content (AvgIpc) is 3.10. The zero-order valence-electron chi connectivity index (χ0n) is 14.7. The van der Waals surface area contributed by atoms with E-state index < -0.39 is 0 Å². The van der Waals surface area contributed by atoms with Gasteiger partial charge < -0.3 is 9.30 Å². The third-order valence-electron chi connectivity index (χ3n) is 3.58. The number of benzene rings is 1. The Hall–Kier alpha value is -2.65. The molecule has 140 valence electrons. The highest BCUT2D eigenvalue weighted by molar-refractivity contribution is 8.01. The van der Waals surface area contributed by atoms with Crippen molar-refractivity contribution in [2.45, 2.75) is 17.8 Å². The maximum absolute atomic E-state index is 12.5. The van der Waals surface area contributed by atoms with E-state index in [4.69, 9.17) is 4.74 Å². The van der Waals surface area contributed by atoms with Crippen LogP contribution in [0.1, 0.15) is 6.92 Å². The Balaban J connectivity index is 1.70. The minimum atomic E-state index is -0.337. The number of aromatic nitrogens is 3. The quantitative estimate of drug-likeness (QED) is 0.354. The highest BCUT2D eigenvalue weighted by Gasteiger charge is 2.11. The van der Waals surface area contributed by atoms with Crippen LogP contribution in [0.3, 0.4) is 0 Å². The highest BCUT2D eigenvalue weighted by Crippen LogP contribution is 2.25. The van der Waals surface area contributed by atoms with Crippen LogP contribution in [0, 0.1) is 0 Å². The number of pyridine rings is 1. The first-order valence-corrected chi connectivity index (χ1v) is 10.0. The molecular weight excluding hydrogens is 384 g/mol. The monoisotopic (exact) mass is 402 g/mol. The molecule has 0 radical (unpaired) electrons. The van der Waals surface area contributed by atoms with E-state index in [-0.39, 0.29) is 18.1 Å². The average molecular weight is 403 g/mol. The summed E-state index contributed by atoms with van der Waals surface area (Å²) in [6, 6.07) is 6.99. The van der Waals surface area contributed by atoms with Gasteiger partial charge in [0.15, 0.2) is 10.9 Å². The number of amides is 1. The summed E-state index contributed by atoms with van der Waals surface area (Å²) in [5, 5.41) is 12.2. The first-order valence-electron chi connectivity index (χ1n) is 8.24. The Kier molecular flexibility index (Phi) is 6.25. The minimum absolute atomic E-state index is 0.128. The molecule has 0 aliphatic rings. The van der Waals surface area contributed by atoms with E-state index >= 15 is 0 Å². The second-order valence-electron chi connectivity index (χ2n) is 5.42. The van der Waals surface area contributed by atoms with Gasteiger partial charge in [-0.3, -0.25) is 14.9 Å². The number of nitrogens with zero attached hydrogens (tertiary/aromatic N) is 3. The number of hydrogen-bond donors (Lipinski definition) is 1. The van der Waals surface area contributed by atoms with E-state index in [9.17, 15) is 9.59 Å². The SMILES string of the molecule is C=CCn1ccc2c(OCC(=O)Nc3nnc(SCC)s3)cccc2c1=O. The molecule has 2 heterocycles. The molecule has 0 saturated carbocycles. The summed E-state index contributed by atoms with van der Waals surface area (Å²) in [6.45, 7) is 5.92. The Bertz CT molecular complexity index is 1030. The standard InChI is InChI=1S/C18H18N4O3S2/c1-3-9-22-10-8-12-13(16(22)24)6-5-7-14(12)25-11-15(23)19-17-20-21-18(27-17)26-4-2/h3,5-8,10H,1,4,9,11H2,2H3,(H,19,20,23). The van der Waals surface area contributed by atoms with E-state index in [0.717, 1.165) is 10.1 Å². The van der Waals surface area contributed by atoms with Crippen LogP contribution >= 0.6 is 23.1 Å². The molecule has 3 rings (SSSR count). The fraction of sp³-hybridized carbons (Fsp3) is 0.222. The van der Waals surface area contributed by atoms with Crippen molar-refractivity contribution in [3.8, 4) is 5.75 Å². The molecule has 27 heavy (non-hydrogen) atoms. The van der Waals surface area contributed by atoms with Crippen LogP contribution < -0.4 is 15.6 Å². The normalized spacial score (nSPS) is 10.7. The van der Waals surface area contributed by atoms with Crippen LogP contribution in [0.4, 0.5) is 5.13 Å². The number of thioether (sulfide) groups is 1. The molecule has 0 saturated heterocycles. The molecule has 0 aliphatic heterocycles. The molecule has 0 unspecified atom stereocenters. The summed E-state index contributed by atoms with van der Waals surface area (Å²) in [5.74, 6) is 1.03. The molecule has 3 aromatic rings. The second kappa shape index (κ2) is 8.83. The van der Waals surface area contributed by atoms with Crippen molar-refractivity contribution in [2.75, 3.05) is 17.7 Å². The zero-order valence-corrected chi connectivity index (χ0v) is 16.3. The summed E-state index contributed by atoms with van der Waals surface area (Å²) in [5.41, 5.74) is -0.128. The molecule has 9 heteroatoms. The summed E-state index contributed by atoms with van der Waals surface area (Å²) < 4.78 is 8.00. The lowest BCUT2D eigenvalue weighted by Crippen LogP contribution is -2.21. The molecule has 0 bridgehead atoms. The van der Waals surface area contributed by atoms with Gasteiger partial charge in [0.25, 0.3) is 11.5 Å². The van der Waals surface area contributed by atoms with Gasteiger partial charge in [0.05, 0.1) is 5.39 Å². The predicted molar refractivity (Wildman–Crippen MR) is 109 cm³/mol. The van der Waals surface area contributed by atoms with Gasteiger partial charge in [0.1, 0.15) is 5.75 Å². The van der Waals surface area contributed by atoms with Crippen LogP contribution in [0.5, 0.6) is 5.75 Å². The van der Waals surface area contributed by atoms with Crippen molar-refractivity contribution in [3.05, 3.63) is 53.5 Å². The first kappa shape index (κ1) is 19.1. The summed E-state index contributed by atoms with van der Waals surface area (Å²) in [7, 11) is 0. The summed E-state index contributed by atoms with van der Waals surface area (Å²) in [6.07, 6.45) is 3.35. The number of fused-ring (bicyclic) bond motifs is 1. The lowest BCUT2D eigenvalue weighted by Gasteiger charge is -2.10. The molecule has 0 atom stereocenters. The maximum Gasteiger partial charge on any atom is 0.264 e. The lowest BCUT2D eigenvalue weighted by atomic mass is 10.1. The first-order chi connectivity index (χ1) is 13.1. The molecule has 1 N–H and O–H groups in total. The number of rotatable bonds is 8. The molecule has 7 nitrogen and oxygen atoms in total. The van der Waals surface area contributed by atoms with Crippen molar-refractivity contribution < 1.29 is 9.53 Å². The molecule has 2 aromatic heterocycles. The molecule has 0 fully saturated rings. The lowest BCUT2D eigenvalue weighted by molar-refractivity contribution is -0.118. The van der Waals surface area contributed by atoms with Gasteiger partial charge in [-0.25, -0.2) is 0 Å². The smallest absolute Gasteiger partial charge is 0.264 e. The van der Waals surface area contributed by atoms with Gasteiger partial charge in [-0.15, -0.1) is 16.8 Å². The van der Waals surface area contributed by atoms with Gasteiger partial charge in [-0.1, -0.05) is 42.2 Å². The van der Waals surface area contributed by atoms with Crippen LogP contribution in [-0.4, -0.2) is 33.0 Å². The Labute approximate surface area is 164 Å². The fourth-order valence-corrected chi connectivity index (χ4v) is 4.10. The molecule has 1 amide bonds. The number of allylic oxidation sites excluding steroid dienone is 1. The van der Waals surface area contributed by atoms with Crippen molar-refractivity contribution in [1.82, 2.24) is 14.8 Å². The van der Waals surface area contributed by atoms with Gasteiger partial charge in [-0.2, -0.15) is 0 Å². The molecule has 0 aliphatic carbocycles. The van der Waals surface area contributed by atoms with Crippen LogP contribution in [0.2, 0.25) is 0 Å². The Morgan fingerprint density at radius 1 is 1.37 bits per heavy atom. The molecule has 0 spiro atoms. The van der Waals surface area contributed by atoms with Crippen LogP contribution in [-0.2, 0) is 11.3 Å². The van der Waals surface area contributed by atoms with Crippen LogP contribution in [0.25, 0.3) is 10.8 Å².